The SMILES string of the molecule is CC(C)n1ccc(CN2CCCCC2CN)n1. The van der Waals surface area contributed by atoms with Crippen molar-refractivity contribution in [3.05, 3.63) is 18.0 Å². The third-order valence-electron chi connectivity index (χ3n) is 3.58. The highest BCUT2D eigenvalue weighted by Gasteiger charge is 2.21. The Kier molecular flexibility index (Phi) is 4.18. The van der Waals surface area contributed by atoms with Gasteiger partial charge in [0.2, 0.25) is 0 Å². The Bertz CT molecular complexity index is 345. The van der Waals surface area contributed by atoms with Gasteiger partial charge in [0.15, 0.2) is 0 Å². The normalized spacial score (nSPS) is 22.2. The van der Waals surface area contributed by atoms with Crippen LogP contribution in [-0.4, -0.2) is 33.8 Å². The average molecular weight is 236 g/mol. The van der Waals surface area contributed by atoms with Crippen LogP contribution >= 0.6 is 0 Å². The number of hydrogen-bond donors (Lipinski definition) is 1. The van der Waals surface area contributed by atoms with E-state index in [-0.39, 0.29) is 0 Å². The van der Waals surface area contributed by atoms with E-state index >= 15 is 0 Å². The maximum absolute atomic E-state index is 5.83. The summed E-state index contributed by atoms with van der Waals surface area (Å²) in [4.78, 5) is 2.48. The third kappa shape index (κ3) is 3.07. The van der Waals surface area contributed by atoms with Gasteiger partial charge in [0.05, 0.1) is 5.69 Å². The summed E-state index contributed by atoms with van der Waals surface area (Å²) in [6.45, 7) is 7.18. The molecule has 17 heavy (non-hydrogen) atoms. The van der Waals surface area contributed by atoms with Gasteiger partial charge in [-0.2, -0.15) is 5.10 Å². The van der Waals surface area contributed by atoms with E-state index < -0.39 is 0 Å². The minimum atomic E-state index is 0.440. The molecule has 0 saturated carbocycles. The van der Waals surface area contributed by atoms with Crippen molar-refractivity contribution in [1.82, 2.24) is 14.7 Å². The summed E-state index contributed by atoms with van der Waals surface area (Å²) < 4.78 is 2.02. The fraction of sp³-hybridized carbons (Fsp3) is 0.769. The zero-order valence-corrected chi connectivity index (χ0v) is 11.0. The van der Waals surface area contributed by atoms with Gasteiger partial charge in [-0.05, 0) is 39.3 Å². The molecular formula is C13H24N4. The lowest BCUT2D eigenvalue weighted by Gasteiger charge is -2.34. The number of likely N-dealkylation sites (tertiary alicyclic amines) is 1. The number of nitrogens with zero attached hydrogens (tertiary/aromatic N) is 3. The maximum Gasteiger partial charge on any atom is 0.0765 e. The van der Waals surface area contributed by atoms with Crippen molar-refractivity contribution in [1.29, 1.82) is 0 Å². The van der Waals surface area contributed by atoms with E-state index in [0.29, 0.717) is 12.1 Å². The van der Waals surface area contributed by atoms with Crippen LogP contribution in [0.2, 0.25) is 0 Å². The Morgan fingerprint density at radius 1 is 1.47 bits per heavy atom. The highest BCUT2D eigenvalue weighted by molar-refractivity contribution is 5.00. The van der Waals surface area contributed by atoms with E-state index in [1.54, 1.807) is 0 Å². The Morgan fingerprint density at radius 2 is 2.29 bits per heavy atom. The van der Waals surface area contributed by atoms with Gasteiger partial charge in [-0.15, -0.1) is 0 Å². The molecule has 1 fully saturated rings. The van der Waals surface area contributed by atoms with Crippen molar-refractivity contribution in [3.8, 4) is 0 Å². The molecule has 0 aliphatic carbocycles. The number of hydrogen-bond acceptors (Lipinski definition) is 3. The molecule has 4 nitrogen and oxygen atoms in total. The summed E-state index contributed by atoms with van der Waals surface area (Å²) in [7, 11) is 0. The van der Waals surface area contributed by atoms with E-state index in [0.717, 1.165) is 19.6 Å². The van der Waals surface area contributed by atoms with Gasteiger partial charge >= 0.3 is 0 Å². The Labute approximate surface area is 104 Å². The lowest BCUT2D eigenvalue weighted by molar-refractivity contribution is 0.142. The van der Waals surface area contributed by atoms with E-state index in [9.17, 15) is 0 Å². The van der Waals surface area contributed by atoms with Crippen molar-refractivity contribution >= 4 is 0 Å². The molecule has 2 heterocycles. The zero-order valence-electron chi connectivity index (χ0n) is 11.0. The minimum Gasteiger partial charge on any atom is -0.329 e. The van der Waals surface area contributed by atoms with Crippen LogP contribution < -0.4 is 5.73 Å². The maximum atomic E-state index is 5.83. The number of rotatable bonds is 4. The summed E-state index contributed by atoms with van der Waals surface area (Å²) >= 11 is 0. The molecule has 1 unspecified atom stereocenters. The summed E-state index contributed by atoms with van der Waals surface area (Å²) in [6, 6.07) is 3.12. The molecule has 0 bridgehead atoms. The second-order valence-corrected chi connectivity index (χ2v) is 5.24. The molecule has 0 radical (unpaired) electrons. The van der Waals surface area contributed by atoms with Gasteiger partial charge in [0.1, 0.15) is 0 Å². The first-order chi connectivity index (χ1) is 8.20. The topological polar surface area (TPSA) is 47.1 Å². The molecule has 96 valence electrons. The molecule has 0 spiro atoms. The second kappa shape index (κ2) is 5.65. The van der Waals surface area contributed by atoms with Crippen LogP contribution in [0.5, 0.6) is 0 Å². The van der Waals surface area contributed by atoms with E-state index in [4.69, 9.17) is 5.73 Å². The lowest BCUT2D eigenvalue weighted by Crippen LogP contribution is -2.43. The van der Waals surface area contributed by atoms with Gasteiger partial charge in [-0.3, -0.25) is 9.58 Å². The average Bonchev–Trinajstić information content (AvgIpc) is 2.78. The molecule has 4 heteroatoms. The predicted molar refractivity (Wildman–Crippen MR) is 69.7 cm³/mol. The number of aromatic nitrogens is 2. The third-order valence-corrected chi connectivity index (χ3v) is 3.58. The lowest BCUT2D eigenvalue weighted by atomic mass is 10.0. The van der Waals surface area contributed by atoms with Crippen LogP contribution in [0.4, 0.5) is 0 Å². The first-order valence-corrected chi connectivity index (χ1v) is 6.69. The molecule has 1 aromatic heterocycles. The molecular weight excluding hydrogens is 212 g/mol. The Balaban J connectivity index is 1.98. The largest absolute Gasteiger partial charge is 0.329 e. The van der Waals surface area contributed by atoms with Gasteiger partial charge in [0.25, 0.3) is 0 Å². The van der Waals surface area contributed by atoms with Crippen molar-refractivity contribution in [2.75, 3.05) is 13.1 Å². The standard InChI is InChI=1S/C13H24N4/c1-11(2)17-8-6-12(15-17)10-16-7-4-3-5-13(16)9-14/h6,8,11,13H,3-5,7,9-10,14H2,1-2H3. The second-order valence-electron chi connectivity index (χ2n) is 5.24. The fourth-order valence-corrected chi connectivity index (χ4v) is 2.49. The summed E-state index contributed by atoms with van der Waals surface area (Å²) in [5.74, 6) is 0. The Morgan fingerprint density at radius 3 is 2.94 bits per heavy atom. The van der Waals surface area contributed by atoms with Gasteiger partial charge < -0.3 is 5.73 Å². The van der Waals surface area contributed by atoms with Crippen LogP contribution in [0, 0.1) is 0 Å². The summed E-state index contributed by atoms with van der Waals surface area (Å²) in [6.07, 6.45) is 5.92. The molecule has 2 rings (SSSR count). The molecule has 1 aromatic rings. The van der Waals surface area contributed by atoms with Gasteiger partial charge in [-0.25, -0.2) is 0 Å². The van der Waals surface area contributed by atoms with Gasteiger partial charge in [0, 0.05) is 31.4 Å². The van der Waals surface area contributed by atoms with Crippen LogP contribution in [0.25, 0.3) is 0 Å². The predicted octanol–water partition coefficient (Wildman–Crippen LogP) is 1.78. The van der Waals surface area contributed by atoms with E-state index in [2.05, 4.69) is 36.1 Å². The van der Waals surface area contributed by atoms with Crippen molar-refractivity contribution < 1.29 is 0 Å². The molecule has 0 aromatic carbocycles. The van der Waals surface area contributed by atoms with Crippen LogP contribution in [0.15, 0.2) is 12.3 Å². The van der Waals surface area contributed by atoms with E-state index in [1.807, 2.05) is 4.68 Å². The molecule has 0 amide bonds. The number of nitrogens with two attached hydrogens (primary N) is 1. The first-order valence-electron chi connectivity index (χ1n) is 6.69. The van der Waals surface area contributed by atoms with Gasteiger partial charge in [-0.1, -0.05) is 6.42 Å². The molecule has 1 aliphatic rings. The Hall–Kier alpha value is -0.870. The summed E-state index contributed by atoms with van der Waals surface area (Å²) in [5, 5.41) is 4.61. The quantitative estimate of drug-likeness (QED) is 0.867. The van der Waals surface area contributed by atoms with E-state index in [1.165, 1.54) is 25.0 Å². The highest BCUT2D eigenvalue weighted by atomic mass is 15.3. The van der Waals surface area contributed by atoms with Crippen LogP contribution in [0.1, 0.15) is 44.8 Å². The van der Waals surface area contributed by atoms with Crippen molar-refractivity contribution in [2.45, 2.75) is 51.7 Å². The highest BCUT2D eigenvalue weighted by Crippen LogP contribution is 2.18. The zero-order chi connectivity index (χ0) is 12.3. The molecule has 1 aliphatic heterocycles. The first kappa shape index (κ1) is 12.6. The smallest absolute Gasteiger partial charge is 0.0765 e. The van der Waals surface area contributed by atoms with Crippen molar-refractivity contribution in [3.63, 3.8) is 0 Å². The number of piperidine rings is 1. The molecule has 1 saturated heterocycles. The van der Waals surface area contributed by atoms with Crippen LogP contribution in [-0.2, 0) is 6.54 Å². The monoisotopic (exact) mass is 236 g/mol. The van der Waals surface area contributed by atoms with Crippen molar-refractivity contribution in [2.24, 2.45) is 5.73 Å². The summed E-state index contributed by atoms with van der Waals surface area (Å²) in [5.41, 5.74) is 7.00. The van der Waals surface area contributed by atoms with Crippen LogP contribution in [0.3, 0.4) is 0 Å². The fourth-order valence-electron chi connectivity index (χ4n) is 2.49. The molecule has 1 atom stereocenters. The molecule has 2 N–H and O–H groups in total. The minimum absolute atomic E-state index is 0.440.